The smallest absolute Gasteiger partial charge is 0.293 e. The molecule has 0 fully saturated rings. The van der Waals surface area contributed by atoms with Crippen LogP contribution in [0.4, 0.5) is 5.82 Å². The molecule has 0 aromatic carbocycles. The first-order chi connectivity index (χ1) is 8.79. The Balaban J connectivity index is 3.21. The first-order valence-electron chi connectivity index (χ1n) is 6.69. The fourth-order valence-electron chi connectivity index (χ4n) is 1.97. The van der Waals surface area contributed by atoms with Crippen molar-refractivity contribution in [2.75, 3.05) is 16.8 Å². The van der Waals surface area contributed by atoms with Gasteiger partial charge in [0.15, 0.2) is 5.82 Å². The van der Waals surface area contributed by atoms with Gasteiger partial charge in [0.25, 0.3) is 5.56 Å². The lowest BCUT2D eigenvalue weighted by atomic mass is 10.1. The van der Waals surface area contributed by atoms with Crippen molar-refractivity contribution in [3.05, 3.63) is 22.7 Å². The maximum Gasteiger partial charge on any atom is 0.293 e. The minimum Gasteiger partial charge on any atom is -0.350 e. The van der Waals surface area contributed by atoms with Crippen LogP contribution in [-0.4, -0.2) is 27.5 Å². The van der Waals surface area contributed by atoms with Gasteiger partial charge in [-0.2, -0.15) is 0 Å². The van der Waals surface area contributed by atoms with Crippen molar-refractivity contribution < 1.29 is 0 Å². The zero-order valence-corrected chi connectivity index (χ0v) is 14.1. The van der Waals surface area contributed by atoms with Gasteiger partial charge in [0.05, 0.1) is 0 Å². The summed E-state index contributed by atoms with van der Waals surface area (Å²) in [4.78, 5) is 19.0. The predicted octanol–water partition coefficient (Wildman–Crippen LogP) is 3.00. The van der Waals surface area contributed by atoms with E-state index in [1.54, 1.807) is 17.0 Å². The lowest BCUT2D eigenvalue weighted by molar-refractivity contribution is 0.381. The van der Waals surface area contributed by atoms with Gasteiger partial charge in [-0.1, -0.05) is 15.9 Å². The third-order valence-electron chi connectivity index (χ3n) is 2.97. The molecule has 1 heterocycles. The zero-order valence-electron chi connectivity index (χ0n) is 12.5. The minimum atomic E-state index is -0.229. The fraction of sp³-hybridized carbons (Fsp3) is 0.714. The van der Waals surface area contributed by atoms with Crippen molar-refractivity contribution in [3.8, 4) is 0 Å². The molecule has 0 N–H and O–H groups in total. The van der Waals surface area contributed by atoms with Gasteiger partial charge in [-0.15, -0.1) is 0 Å². The second-order valence-electron chi connectivity index (χ2n) is 5.93. The number of hydrogen-bond donors (Lipinski definition) is 0. The summed E-state index contributed by atoms with van der Waals surface area (Å²) < 4.78 is 1.75. The van der Waals surface area contributed by atoms with Gasteiger partial charge in [-0.3, -0.25) is 4.79 Å². The number of alkyl halides is 1. The molecule has 0 atom stereocenters. The lowest BCUT2D eigenvalue weighted by Gasteiger charge is -2.29. The molecule has 0 amide bonds. The van der Waals surface area contributed by atoms with Gasteiger partial charge in [-0.25, -0.2) is 4.98 Å². The van der Waals surface area contributed by atoms with E-state index in [1.807, 2.05) is 20.8 Å². The summed E-state index contributed by atoms with van der Waals surface area (Å²) in [6.07, 6.45) is 4.46. The van der Waals surface area contributed by atoms with E-state index < -0.39 is 0 Å². The van der Waals surface area contributed by atoms with Gasteiger partial charge in [0, 0.05) is 35.8 Å². The Labute approximate surface area is 124 Å². The normalized spacial score (nSPS) is 11.9. The van der Waals surface area contributed by atoms with Crippen molar-refractivity contribution in [2.45, 2.75) is 52.6 Å². The molecule has 0 saturated heterocycles. The van der Waals surface area contributed by atoms with Gasteiger partial charge in [0.2, 0.25) is 0 Å². The average molecular weight is 330 g/mol. The number of halogens is 1. The Morgan fingerprint density at radius 2 is 2.05 bits per heavy atom. The van der Waals surface area contributed by atoms with E-state index in [1.165, 1.54) is 0 Å². The quantitative estimate of drug-likeness (QED) is 0.779. The van der Waals surface area contributed by atoms with Gasteiger partial charge >= 0.3 is 0 Å². The van der Waals surface area contributed by atoms with Crippen LogP contribution in [0.1, 0.15) is 41.0 Å². The average Bonchev–Trinajstić information content (AvgIpc) is 2.29. The molecule has 108 valence electrons. The van der Waals surface area contributed by atoms with Crippen molar-refractivity contribution in [1.29, 1.82) is 0 Å². The Morgan fingerprint density at radius 1 is 1.42 bits per heavy atom. The molecule has 0 radical (unpaired) electrons. The number of aromatic nitrogens is 2. The number of anilines is 1. The van der Waals surface area contributed by atoms with Crippen LogP contribution in [0.25, 0.3) is 0 Å². The van der Waals surface area contributed by atoms with Crippen LogP contribution in [0.2, 0.25) is 0 Å². The van der Waals surface area contributed by atoms with E-state index in [-0.39, 0.29) is 17.1 Å². The summed E-state index contributed by atoms with van der Waals surface area (Å²) in [7, 11) is 0. The predicted molar refractivity (Wildman–Crippen MR) is 84.4 cm³/mol. The highest BCUT2D eigenvalue weighted by Gasteiger charge is 2.21. The SMILES string of the molecule is CC(C)N(CCCBr)c1nccn(C(C)(C)C)c1=O. The van der Waals surface area contributed by atoms with Crippen molar-refractivity contribution in [1.82, 2.24) is 9.55 Å². The van der Waals surface area contributed by atoms with Crippen molar-refractivity contribution in [2.24, 2.45) is 0 Å². The largest absolute Gasteiger partial charge is 0.350 e. The zero-order chi connectivity index (χ0) is 14.6. The third-order valence-corrected chi connectivity index (χ3v) is 3.53. The molecule has 0 unspecified atom stereocenters. The molecule has 0 spiro atoms. The van der Waals surface area contributed by atoms with Crippen molar-refractivity contribution >= 4 is 21.7 Å². The molecule has 1 aromatic rings. The molecule has 0 aliphatic rings. The standard InChI is InChI=1S/C14H24BrN3O/c1-11(2)17(9-6-7-15)12-13(19)18(10-8-16-12)14(3,4)5/h8,10-11H,6-7,9H2,1-5H3. The molecular weight excluding hydrogens is 306 g/mol. The minimum absolute atomic E-state index is 0.0155. The second kappa shape index (κ2) is 6.55. The maximum absolute atomic E-state index is 12.6. The Morgan fingerprint density at radius 3 is 2.53 bits per heavy atom. The van der Waals surface area contributed by atoms with E-state index >= 15 is 0 Å². The van der Waals surface area contributed by atoms with Crippen LogP contribution in [0, 0.1) is 0 Å². The summed E-state index contributed by atoms with van der Waals surface area (Å²) >= 11 is 3.43. The Kier molecular flexibility index (Phi) is 5.59. The van der Waals surface area contributed by atoms with E-state index in [2.05, 4.69) is 39.7 Å². The molecule has 0 aliphatic heterocycles. The highest BCUT2D eigenvalue weighted by Crippen LogP contribution is 2.14. The number of nitrogens with zero attached hydrogens (tertiary/aromatic N) is 3. The van der Waals surface area contributed by atoms with Gasteiger partial charge in [0.1, 0.15) is 0 Å². The molecule has 19 heavy (non-hydrogen) atoms. The van der Waals surface area contributed by atoms with Gasteiger partial charge in [-0.05, 0) is 41.0 Å². The van der Waals surface area contributed by atoms with E-state index in [4.69, 9.17) is 0 Å². The van der Waals surface area contributed by atoms with E-state index in [0.717, 1.165) is 18.3 Å². The molecular formula is C14H24BrN3O. The first-order valence-corrected chi connectivity index (χ1v) is 7.82. The van der Waals surface area contributed by atoms with Crippen LogP contribution < -0.4 is 10.5 Å². The van der Waals surface area contributed by atoms with E-state index in [9.17, 15) is 4.79 Å². The number of rotatable bonds is 5. The topological polar surface area (TPSA) is 38.1 Å². The highest BCUT2D eigenvalue weighted by molar-refractivity contribution is 9.09. The monoisotopic (exact) mass is 329 g/mol. The van der Waals surface area contributed by atoms with Crippen LogP contribution in [0.5, 0.6) is 0 Å². The van der Waals surface area contributed by atoms with Crippen LogP contribution >= 0.6 is 15.9 Å². The van der Waals surface area contributed by atoms with Gasteiger partial charge < -0.3 is 9.47 Å². The molecule has 1 rings (SSSR count). The molecule has 4 nitrogen and oxygen atoms in total. The molecule has 0 saturated carbocycles. The van der Waals surface area contributed by atoms with Crippen LogP contribution in [-0.2, 0) is 5.54 Å². The molecule has 5 heteroatoms. The highest BCUT2D eigenvalue weighted by atomic mass is 79.9. The number of hydrogen-bond acceptors (Lipinski definition) is 3. The van der Waals surface area contributed by atoms with E-state index in [0.29, 0.717) is 5.82 Å². The molecule has 0 aliphatic carbocycles. The lowest BCUT2D eigenvalue weighted by Crippen LogP contribution is -2.41. The fourth-order valence-corrected chi connectivity index (χ4v) is 2.22. The summed E-state index contributed by atoms with van der Waals surface area (Å²) in [5.41, 5.74) is -0.245. The van der Waals surface area contributed by atoms with Crippen LogP contribution in [0.15, 0.2) is 17.2 Å². The molecule has 0 bridgehead atoms. The summed E-state index contributed by atoms with van der Waals surface area (Å²) in [5.74, 6) is 0.549. The van der Waals surface area contributed by atoms with Crippen LogP contribution in [0.3, 0.4) is 0 Å². The molecule has 1 aromatic heterocycles. The first kappa shape index (κ1) is 16.2. The summed E-state index contributed by atoms with van der Waals surface area (Å²) in [5, 5.41) is 0.927. The third kappa shape index (κ3) is 4.06. The second-order valence-corrected chi connectivity index (χ2v) is 6.72. The summed E-state index contributed by atoms with van der Waals surface area (Å²) in [6.45, 7) is 11.1. The maximum atomic E-state index is 12.6. The summed E-state index contributed by atoms with van der Waals surface area (Å²) in [6, 6.07) is 0.259. The van der Waals surface area contributed by atoms with Crippen molar-refractivity contribution in [3.63, 3.8) is 0 Å². The Hall–Kier alpha value is -0.840. The Bertz CT molecular complexity index is 462.